The standard InChI is InChI=1S/C50H38N2/c1-35-15-13-16-36(2)49(35)43-21-9-11-23-45(43)52-46-24-12-10-22-44(46)50-47(25-14-26-48(50)52)51(41-31-27-39(28-32-41)37-17-5-3-6-18-37)42-33-29-40(30-34-42)38-19-7-4-8-20-38/h3-34H,1-2H3. The van der Waals surface area contributed by atoms with Crippen LogP contribution in [0, 0.1) is 13.8 Å². The van der Waals surface area contributed by atoms with Gasteiger partial charge in [-0.15, -0.1) is 0 Å². The minimum Gasteiger partial charge on any atom is -0.310 e. The van der Waals surface area contributed by atoms with Crippen molar-refractivity contribution in [2.24, 2.45) is 0 Å². The number of benzene rings is 8. The minimum absolute atomic E-state index is 1.10. The van der Waals surface area contributed by atoms with Gasteiger partial charge in [0.15, 0.2) is 0 Å². The van der Waals surface area contributed by atoms with Gasteiger partial charge >= 0.3 is 0 Å². The number of hydrogen-bond acceptors (Lipinski definition) is 1. The molecule has 0 spiro atoms. The zero-order valence-corrected chi connectivity index (χ0v) is 29.4. The predicted molar refractivity (Wildman–Crippen MR) is 221 cm³/mol. The van der Waals surface area contributed by atoms with Crippen LogP contribution in [0.25, 0.3) is 60.9 Å². The number of rotatable bonds is 7. The van der Waals surface area contributed by atoms with Crippen LogP contribution in [0.5, 0.6) is 0 Å². The quantitative estimate of drug-likeness (QED) is 0.164. The Morgan fingerprint density at radius 2 is 0.865 bits per heavy atom. The fourth-order valence-corrected chi connectivity index (χ4v) is 7.86. The lowest BCUT2D eigenvalue weighted by Crippen LogP contribution is -2.10. The molecule has 0 unspecified atom stereocenters. The summed E-state index contributed by atoms with van der Waals surface area (Å²) in [5.41, 5.74) is 16.8. The summed E-state index contributed by atoms with van der Waals surface area (Å²) in [6.07, 6.45) is 0. The average Bonchev–Trinajstić information content (AvgIpc) is 3.54. The van der Waals surface area contributed by atoms with E-state index in [-0.39, 0.29) is 0 Å². The Bertz CT molecular complexity index is 2570. The summed E-state index contributed by atoms with van der Waals surface area (Å²) in [6, 6.07) is 70.2. The third-order valence-electron chi connectivity index (χ3n) is 10.3. The summed E-state index contributed by atoms with van der Waals surface area (Å²) < 4.78 is 2.46. The number of fused-ring (bicyclic) bond motifs is 3. The van der Waals surface area contributed by atoms with Gasteiger partial charge in [-0.2, -0.15) is 0 Å². The zero-order valence-electron chi connectivity index (χ0n) is 29.4. The number of nitrogens with zero attached hydrogens (tertiary/aromatic N) is 2. The van der Waals surface area contributed by atoms with Crippen LogP contribution in [0.4, 0.5) is 17.1 Å². The van der Waals surface area contributed by atoms with Crippen LogP contribution in [0.3, 0.4) is 0 Å². The molecule has 2 nitrogen and oxygen atoms in total. The third kappa shape index (κ3) is 5.46. The van der Waals surface area contributed by atoms with E-state index in [2.05, 4.69) is 217 Å². The van der Waals surface area contributed by atoms with Crippen LogP contribution < -0.4 is 4.90 Å². The molecule has 0 atom stereocenters. The molecule has 0 saturated carbocycles. The van der Waals surface area contributed by atoms with Crippen molar-refractivity contribution in [3.05, 3.63) is 205 Å². The van der Waals surface area contributed by atoms with E-state index in [4.69, 9.17) is 0 Å². The average molecular weight is 667 g/mol. The van der Waals surface area contributed by atoms with Crippen molar-refractivity contribution < 1.29 is 0 Å². The Hall–Kier alpha value is -6.64. The Morgan fingerprint density at radius 3 is 1.48 bits per heavy atom. The number of aromatic nitrogens is 1. The number of para-hydroxylation sites is 2. The largest absolute Gasteiger partial charge is 0.310 e. The number of hydrogen-bond donors (Lipinski definition) is 0. The summed E-state index contributed by atoms with van der Waals surface area (Å²) in [7, 11) is 0. The second-order valence-corrected chi connectivity index (χ2v) is 13.5. The first-order valence-electron chi connectivity index (χ1n) is 17.9. The molecule has 0 amide bonds. The molecule has 0 bridgehead atoms. The molecule has 1 aromatic heterocycles. The van der Waals surface area contributed by atoms with E-state index < -0.39 is 0 Å². The molecular formula is C50H38N2. The fourth-order valence-electron chi connectivity index (χ4n) is 7.86. The highest BCUT2D eigenvalue weighted by atomic mass is 15.1. The highest BCUT2D eigenvalue weighted by Gasteiger charge is 2.22. The molecule has 8 aromatic carbocycles. The van der Waals surface area contributed by atoms with Crippen LogP contribution >= 0.6 is 0 Å². The summed E-state index contributed by atoms with van der Waals surface area (Å²) in [4.78, 5) is 2.42. The lowest BCUT2D eigenvalue weighted by atomic mass is 9.94. The van der Waals surface area contributed by atoms with Crippen LogP contribution in [0.1, 0.15) is 11.1 Å². The molecule has 0 aliphatic carbocycles. The van der Waals surface area contributed by atoms with E-state index in [0.717, 1.165) is 17.1 Å². The lowest BCUT2D eigenvalue weighted by molar-refractivity contribution is 1.18. The van der Waals surface area contributed by atoms with Gasteiger partial charge in [0.05, 0.1) is 22.4 Å². The van der Waals surface area contributed by atoms with Gasteiger partial charge in [-0.3, -0.25) is 0 Å². The first kappa shape index (κ1) is 31.3. The highest BCUT2D eigenvalue weighted by Crippen LogP contribution is 2.45. The summed E-state index contributed by atoms with van der Waals surface area (Å²) in [5, 5.41) is 2.44. The van der Waals surface area contributed by atoms with Crippen molar-refractivity contribution in [2.75, 3.05) is 4.90 Å². The van der Waals surface area contributed by atoms with E-state index >= 15 is 0 Å². The second kappa shape index (κ2) is 13.2. The zero-order chi connectivity index (χ0) is 35.0. The SMILES string of the molecule is Cc1cccc(C)c1-c1ccccc1-n1c2ccccc2c2c(N(c3ccc(-c4ccccc4)cc3)c3ccc(-c4ccccc4)cc3)cccc21. The summed E-state index contributed by atoms with van der Waals surface area (Å²) in [6.45, 7) is 4.43. The summed E-state index contributed by atoms with van der Waals surface area (Å²) >= 11 is 0. The van der Waals surface area contributed by atoms with Crippen molar-refractivity contribution in [1.82, 2.24) is 4.57 Å². The van der Waals surface area contributed by atoms with Crippen molar-refractivity contribution in [3.8, 4) is 39.1 Å². The Kier molecular flexibility index (Phi) is 7.98. The molecular weight excluding hydrogens is 629 g/mol. The van der Waals surface area contributed by atoms with Gasteiger partial charge in [0.25, 0.3) is 0 Å². The van der Waals surface area contributed by atoms with Crippen LogP contribution in [-0.2, 0) is 0 Å². The van der Waals surface area contributed by atoms with Crippen molar-refractivity contribution in [3.63, 3.8) is 0 Å². The van der Waals surface area contributed by atoms with E-state index in [0.29, 0.717) is 0 Å². The Morgan fingerprint density at radius 1 is 0.385 bits per heavy atom. The molecule has 0 N–H and O–H groups in total. The first-order chi connectivity index (χ1) is 25.7. The van der Waals surface area contributed by atoms with Crippen LogP contribution in [-0.4, -0.2) is 4.57 Å². The lowest BCUT2D eigenvalue weighted by Gasteiger charge is -2.27. The number of aryl methyl sites for hydroxylation is 2. The minimum atomic E-state index is 1.10. The molecule has 0 saturated heterocycles. The van der Waals surface area contributed by atoms with Gasteiger partial charge < -0.3 is 9.47 Å². The molecule has 0 fully saturated rings. The van der Waals surface area contributed by atoms with E-state index in [9.17, 15) is 0 Å². The second-order valence-electron chi connectivity index (χ2n) is 13.5. The van der Waals surface area contributed by atoms with Crippen molar-refractivity contribution >= 4 is 38.9 Å². The maximum Gasteiger partial charge on any atom is 0.0562 e. The van der Waals surface area contributed by atoms with Crippen LogP contribution in [0.15, 0.2) is 194 Å². The molecule has 9 rings (SSSR count). The maximum atomic E-state index is 2.46. The molecule has 248 valence electrons. The van der Waals surface area contributed by atoms with Gasteiger partial charge in [0.1, 0.15) is 0 Å². The van der Waals surface area contributed by atoms with Crippen molar-refractivity contribution in [2.45, 2.75) is 13.8 Å². The highest BCUT2D eigenvalue weighted by molar-refractivity contribution is 6.17. The number of anilines is 3. The normalized spacial score (nSPS) is 11.3. The maximum absolute atomic E-state index is 2.46. The molecule has 1 heterocycles. The first-order valence-corrected chi connectivity index (χ1v) is 17.9. The Labute approximate surface area is 305 Å². The molecule has 0 radical (unpaired) electrons. The van der Waals surface area contributed by atoms with Gasteiger partial charge in [0.2, 0.25) is 0 Å². The predicted octanol–water partition coefficient (Wildman–Crippen LogP) is 13.9. The molecule has 0 aliphatic heterocycles. The van der Waals surface area contributed by atoms with Gasteiger partial charge in [0, 0.05) is 27.7 Å². The Balaban J connectivity index is 1.28. The van der Waals surface area contributed by atoms with Crippen LogP contribution in [0.2, 0.25) is 0 Å². The molecule has 9 aromatic rings. The topological polar surface area (TPSA) is 8.17 Å². The van der Waals surface area contributed by atoms with E-state index in [1.165, 1.54) is 72.0 Å². The fraction of sp³-hybridized carbons (Fsp3) is 0.0400. The van der Waals surface area contributed by atoms with Crippen molar-refractivity contribution in [1.29, 1.82) is 0 Å². The van der Waals surface area contributed by atoms with Gasteiger partial charge in [-0.05, 0) is 101 Å². The van der Waals surface area contributed by atoms with Gasteiger partial charge in [-0.25, -0.2) is 0 Å². The smallest absolute Gasteiger partial charge is 0.0562 e. The van der Waals surface area contributed by atoms with Gasteiger partial charge in [-0.1, -0.05) is 146 Å². The molecule has 52 heavy (non-hydrogen) atoms. The third-order valence-corrected chi connectivity index (χ3v) is 10.3. The molecule has 2 heteroatoms. The van der Waals surface area contributed by atoms with E-state index in [1.807, 2.05) is 0 Å². The van der Waals surface area contributed by atoms with E-state index in [1.54, 1.807) is 0 Å². The summed E-state index contributed by atoms with van der Waals surface area (Å²) in [5.74, 6) is 0. The monoisotopic (exact) mass is 666 g/mol. The molecule has 0 aliphatic rings.